The van der Waals surface area contributed by atoms with Crippen molar-refractivity contribution in [3.05, 3.63) is 100 Å². The molecule has 208 valence electrons. The van der Waals surface area contributed by atoms with Gasteiger partial charge in [0.25, 0.3) is 0 Å². The monoisotopic (exact) mass is 613 g/mol. The largest absolute Gasteiger partial charge is 0.357 e. The summed E-state index contributed by atoms with van der Waals surface area (Å²) in [6.07, 6.45) is 1.36. The minimum absolute atomic E-state index is 0.107. The fraction of sp³-hybridized carbons (Fsp3) is 0.333. The van der Waals surface area contributed by atoms with Crippen LogP contribution in [0.1, 0.15) is 37.5 Å². The molecule has 1 atom stereocenters. The molecule has 0 saturated heterocycles. The molecule has 39 heavy (non-hydrogen) atoms. The number of carbonyl (C=O) groups is 2. The molecule has 0 spiro atoms. The number of anilines is 1. The highest BCUT2D eigenvalue weighted by Crippen LogP contribution is 2.26. The van der Waals surface area contributed by atoms with E-state index in [-0.39, 0.29) is 24.3 Å². The number of likely N-dealkylation sites (N-methyl/N-ethyl adjacent to an activating group) is 1. The Hall–Kier alpha value is -3.17. The first-order chi connectivity index (χ1) is 18.3. The molecule has 9 heteroatoms. The normalized spacial score (nSPS) is 12.5. The summed E-state index contributed by atoms with van der Waals surface area (Å²) in [6.45, 7) is 5.92. The second-order valence-corrected chi connectivity index (χ2v) is 13.4. The first-order valence-corrected chi connectivity index (χ1v) is 15.3. The number of hydrogen-bond acceptors (Lipinski definition) is 4. The van der Waals surface area contributed by atoms with Gasteiger partial charge in [-0.2, -0.15) is 0 Å². The first-order valence-electron chi connectivity index (χ1n) is 12.7. The lowest BCUT2D eigenvalue weighted by molar-refractivity contribution is -0.139. The molecule has 0 saturated carbocycles. The van der Waals surface area contributed by atoms with Gasteiger partial charge in [0.05, 0.1) is 11.9 Å². The average Bonchev–Trinajstić information content (AvgIpc) is 2.89. The Morgan fingerprint density at radius 3 is 2.00 bits per heavy atom. The van der Waals surface area contributed by atoms with Crippen molar-refractivity contribution >= 4 is 43.5 Å². The van der Waals surface area contributed by atoms with Crippen LogP contribution in [0.2, 0.25) is 0 Å². The number of nitrogens with zero attached hydrogens (tertiary/aromatic N) is 2. The third kappa shape index (κ3) is 8.41. The predicted molar refractivity (Wildman–Crippen MR) is 160 cm³/mol. The van der Waals surface area contributed by atoms with Gasteiger partial charge in [-0.05, 0) is 46.4 Å². The molecule has 0 aliphatic carbocycles. The smallest absolute Gasteiger partial charge is 0.244 e. The van der Waals surface area contributed by atoms with E-state index in [0.717, 1.165) is 31.7 Å². The van der Waals surface area contributed by atoms with Gasteiger partial charge in [0.15, 0.2) is 0 Å². The Morgan fingerprint density at radius 2 is 1.49 bits per heavy atom. The standard InChI is InChI=1S/C30H36BrN3O4S/c1-30(2,3)24-13-17-26(18-14-24)34(39(5,37)38)21-28(35)33(20-23-11-15-25(31)16-12-23)27(29(36)32-4)19-22-9-7-6-8-10-22/h6-18,27H,19-21H2,1-5H3,(H,32,36)/t27-/m1/s1. The molecule has 0 fully saturated rings. The van der Waals surface area contributed by atoms with Crippen molar-refractivity contribution in [2.45, 2.75) is 45.2 Å². The van der Waals surface area contributed by atoms with E-state index < -0.39 is 28.5 Å². The molecule has 0 radical (unpaired) electrons. The average molecular weight is 615 g/mol. The molecular formula is C30H36BrN3O4S. The van der Waals surface area contributed by atoms with Crippen LogP contribution in [0.4, 0.5) is 5.69 Å². The number of benzene rings is 3. The van der Waals surface area contributed by atoms with Crippen molar-refractivity contribution in [1.82, 2.24) is 10.2 Å². The molecule has 1 N–H and O–H groups in total. The molecule has 3 aromatic carbocycles. The van der Waals surface area contributed by atoms with Gasteiger partial charge in [0.1, 0.15) is 12.6 Å². The number of sulfonamides is 1. The van der Waals surface area contributed by atoms with Crippen molar-refractivity contribution in [3.8, 4) is 0 Å². The molecule has 0 heterocycles. The van der Waals surface area contributed by atoms with Gasteiger partial charge < -0.3 is 10.2 Å². The third-order valence-electron chi connectivity index (χ3n) is 6.48. The third-order valence-corrected chi connectivity index (χ3v) is 8.15. The first kappa shape index (κ1) is 30.4. The van der Waals surface area contributed by atoms with Crippen LogP contribution in [-0.4, -0.2) is 51.0 Å². The second-order valence-electron chi connectivity index (χ2n) is 10.5. The topological polar surface area (TPSA) is 86.8 Å². The maximum Gasteiger partial charge on any atom is 0.244 e. The van der Waals surface area contributed by atoms with Gasteiger partial charge in [0.2, 0.25) is 21.8 Å². The highest BCUT2D eigenvalue weighted by molar-refractivity contribution is 9.10. The minimum Gasteiger partial charge on any atom is -0.357 e. The summed E-state index contributed by atoms with van der Waals surface area (Å²) in [5.74, 6) is -0.808. The van der Waals surface area contributed by atoms with E-state index >= 15 is 0 Å². The molecule has 3 aromatic rings. The van der Waals surface area contributed by atoms with Gasteiger partial charge in [0, 0.05) is 24.5 Å². The van der Waals surface area contributed by atoms with E-state index in [1.807, 2.05) is 66.7 Å². The number of rotatable bonds is 10. The number of amides is 2. The number of hydrogen-bond donors (Lipinski definition) is 1. The number of halogens is 1. The number of carbonyl (C=O) groups excluding carboxylic acids is 2. The van der Waals surface area contributed by atoms with Gasteiger partial charge in [-0.3, -0.25) is 13.9 Å². The second kappa shape index (κ2) is 12.8. The zero-order valence-electron chi connectivity index (χ0n) is 23.0. The zero-order valence-corrected chi connectivity index (χ0v) is 25.4. The van der Waals surface area contributed by atoms with Gasteiger partial charge >= 0.3 is 0 Å². The fourth-order valence-corrected chi connectivity index (χ4v) is 5.36. The lowest BCUT2D eigenvalue weighted by atomic mass is 9.87. The fourth-order valence-electron chi connectivity index (χ4n) is 4.25. The summed E-state index contributed by atoms with van der Waals surface area (Å²) in [5, 5.41) is 2.68. The Bertz CT molecular complexity index is 1370. The van der Waals surface area contributed by atoms with Crippen LogP contribution < -0.4 is 9.62 Å². The van der Waals surface area contributed by atoms with Crippen LogP contribution >= 0.6 is 15.9 Å². The van der Waals surface area contributed by atoms with Crippen molar-refractivity contribution in [3.63, 3.8) is 0 Å². The Labute approximate surface area is 240 Å². The quantitative estimate of drug-likeness (QED) is 0.352. The number of nitrogens with one attached hydrogen (secondary N) is 1. The Kier molecular flexibility index (Phi) is 9.96. The summed E-state index contributed by atoms with van der Waals surface area (Å²) >= 11 is 3.43. The van der Waals surface area contributed by atoms with Crippen molar-refractivity contribution in [2.75, 3.05) is 24.2 Å². The Balaban J connectivity index is 2.01. The van der Waals surface area contributed by atoms with Crippen molar-refractivity contribution in [2.24, 2.45) is 0 Å². The lowest BCUT2D eigenvalue weighted by Gasteiger charge is -2.33. The van der Waals surface area contributed by atoms with E-state index in [4.69, 9.17) is 0 Å². The molecule has 0 aliphatic heterocycles. The summed E-state index contributed by atoms with van der Waals surface area (Å²) in [7, 11) is -2.27. The molecule has 0 aromatic heterocycles. The lowest BCUT2D eigenvalue weighted by Crippen LogP contribution is -2.52. The van der Waals surface area contributed by atoms with Crippen molar-refractivity contribution < 1.29 is 18.0 Å². The van der Waals surface area contributed by atoms with Crippen LogP contribution in [0.15, 0.2) is 83.3 Å². The highest BCUT2D eigenvalue weighted by atomic mass is 79.9. The molecule has 0 unspecified atom stereocenters. The predicted octanol–water partition coefficient (Wildman–Crippen LogP) is 4.90. The van der Waals surface area contributed by atoms with Gasteiger partial charge in [-0.25, -0.2) is 8.42 Å². The van der Waals surface area contributed by atoms with Crippen LogP contribution in [0.25, 0.3) is 0 Å². The summed E-state index contributed by atoms with van der Waals surface area (Å²) in [6, 6.07) is 23.2. The maximum absolute atomic E-state index is 14.0. The molecule has 2 amide bonds. The minimum atomic E-state index is -3.80. The van der Waals surface area contributed by atoms with E-state index in [9.17, 15) is 18.0 Å². The van der Waals surface area contributed by atoms with Gasteiger partial charge in [-0.1, -0.05) is 91.3 Å². The van der Waals surface area contributed by atoms with E-state index in [0.29, 0.717) is 5.69 Å². The molecular weight excluding hydrogens is 578 g/mol. The summed E-state index contributed by atoms with van der Waals surface area (Å²) in [4.78, 5) is 28.6. The maximum atomic E-state index is 14.0. The SMILES string of the molecule is CNC(=O)[C@@H](Cc1ccccc1)N(Cc1ccc(Br)cc1)C(=O)CN(c1ccc(C(C)(C)C)cc1)S(C)(=O)=O. The summed E-state index contributed by atoms with van der Waals surface area (Å²) < 4.78 is 27.8. The zero-order chi connectivity index (χ0) is 28.8. The van der Waals surface area contributed by atoms with Crippen LogP contribution in [0.3, 0.4) is 0 Å². The van der Waals surface area contributed by atoms with Crippen LogP contribution in [-0.2, 0) is 38.0 Å². The molecule has 0 bridgehead atoms. The molecule has 7 nitrogen and oxygen atoms in total. The summed E-state index contributed by atoms with van der Waals surface area (Å²) in [5.41, 5.74) is 3.03. The van der Waals surface area contributed by atoms with Crippen molar-refractivity contribution in [1.29, 1.82) is 0 Å². The van der Waals surface area contributed by atoms with E-state index in [1.54, 1.807) is 12.1 Å². The molecule has 0 aliphatic rings. The van der Waals surface area contributed by atoms with E-state index in [1.165, 1.54) is 11.9 Å². The Morgan fingerprint density at radius 1 is 0.897 bits per heavy atom. The van der Waals surface area contributed by atoms with Crippen LogP contribution in [0.5, 0.6) is 0 Å². The van der Waals surface area contributed by atoms with Crippen LogP contribution in [0, 0.1) is 0 Å². The molecule has 3 rings (SSSR count). The van der Waals surface area contributed by atoms with E-state index in [2.05, 4.69) is 42.0 Å². The van der Waals surface area contributed by atoms with Gasteiger partial charge in [-0.15, -0.1) is 0 Å². The highest BCUT2D eigenvalue weighted by Gasteiger charge is 2.32.